The summed E-state index contributed by atoms with van der Waals surface area (Å²) in [7, 11) is 1.39. The van der Waals surface area contributed by atoms with Crippen LogP contribution in [0.3, 0.4) is 0 Å². The maximum Gasteiger partial charge on any atom is 0.340 e. The van der Waals surface area contributed by atoms with Crippen LogP contribution in [0, 0.1) is 0 Å². The van der Waals surface area contributed by atoms with Crippen molar-refractivity contribution >= 4 is 21.9 Å². The standard InChI is InChI=1S/C9H7BrO5/c1-13-8-6(9(11)12)4(10)2-5-7(8)15-3-14-5/h2H,3H2,1H3,(H,11,12). The molecule has 5 nitrogen and oxygen atoms in total. The van der Waals surface area contributed by atoms with E-state index < -0.39 is 5.97 Å². The SMILES string of the molecule is COc1c2c(cc(Br)c1C(=O)O)OCO2. The van der Waals surface area contributed by atoms with Crippen LogP contribution in [0.1, 0.15) is 10.4 Å². The summed E-state index contributed by atoms with van der Waals surface area (Å²) in [5.41, 5.74) is 0.0294. The Hall–Kier alpha value is -1.43. The van der Waals surface area contributed by atoms with Crippen molar-refractivity contribution in [1.82, 2.24) is 0 Å². The summed E-state index contributed by atoms with van der Waals surface area (Å²) in [4.78, 5) is 11.0. The smallest absolute Gasteiger partial charge is 0.340 e. The molecule has 0 fully saturated rings. The van der Waals surface area contributed by atoms with Crippen LogP contribution in [0.2, 0.25) is 0 Å². The largest absolute Gasteiger partial charge is 0.492 e. The number of rotatable bonds is 2. The third-order valence-corrected chi connectivity index (χ3v) is 2.61. The Morgan fingerprint density at radius 1 is 1.60 bits per heavy atom. The van der Waals surface area contributed by atoms with E-state index in [0.717, 1.165) is 0 Å². The zero-order valence-electron chi connectivity index (χ0n) is 7.74. The Labute approximate surface area is 93.7 Å². The van der Waals surface area contributed by atoms with Crippen molar-refractivity contribution in [3.8, 4) is 17.2 Å². The van der Waals surface area contributed by atoms with Gasteiger partial charge in [0.2, 0.25) is 12.5 Å². The Balaban J connectivity index is 2.69. The van der Waals surface area contributed by atoms with Gasteiger partial charge in [-0.1, -0.05) is 0 Å². The quantitative estimate of drug-likeness (QED) is 0.892. The Bertz CT molecular complexity index is 429. The second-order valence-corrected chi connectivity index (χ2v) is 3.66. The van der Waals surface area contributed by atoms with Gasteiger partial charge in [-0.2, -0.15) is 0 Å². The maximum atomic E-state index is 11.0. The van der Waals surface area contributed by atoms with Crippen molar-refractivity contribution in [2.75, 3.05) is 13.9 Å². The molecule has 0 atom stereocenters. The summed E-state index contributed by atoms with van der Waals surface area (Å²) < 4.78 is 15.7. The van der Waals surface area contributed by atoms with Gasteiger partial charge in [-0.05, 0) is 22.0 Å². The number of hydrogen-bond donors (Lipinski definition) is 1. The number of carboxylic acid groups (broad SMARTS) is 1. The number of fused-ring (bicyclic) bond motifs is 1. The first-order chi connectivity index (χ1) is 7.15. The van der Waals surface area contributed by atoms with Gasteiger partial charge in [0.1, 0.15) is 5.56 Å². The summed E-state index contributed by atoms with van der Waals surface area (Å²) in [5.74, 6) is -0.108. The number of hydrogen-bond acceptors (Lipinski definition) is 4. The van der Waals surface area contributed by atoms with Gasteiger partial charge >= 0.3 is 5.97 Å². The molecule has 1 aliphatic rings. The first kappa shape index (κ1) is 10.1. The van der Waals surface area contributed by atoms with E-state index >= 15 is 0 Å². The average Bonchev–Trinajstić information content (AvgIpc) is 2.62. The van der Waals surface area contributed by atoms with E-state index in [2.05, 4.69) is 15.9 Å². The van der Waals surface area contributed by atoms with Gasteiger partial charge in [-0.25, -0.2) is 4.79 Å². The predicted octanol–water partition coefficient (Wildman–Crippen LogP) is 1.88. The molecule has 0 spiro atoms. The molecule has 15 heavy (non-hydrogen) atoms. The minimum atomic E-state index is -1.09. The fraction of sp³-hybridized carbons (Fsp3) is 0.222. The molecule has 1 N–H and O–H groups in total. The zero-order chi connectivity index (χ0) is 11.0. The maximum absolute atomic E-state index is 11.0. The molecule has 1 aromatic rings. The lowest BCUT2D eigenvalue weighted by Crippen LogP contribution is -2.02. The van der Waals surface area contributed by atoms with Crippen LogP contribution in [-0.4, -0.2) is 25.0 Å². The summed E-state index contributed by atoms with van der Waals surface area (Å²) in [5, 5.41) is 9.00. The number of methoxy groups -OCH3 is 1. The molecule has 0 saturated heterocycles. The predicted molar refractivity (Wildman–Crippen MR) is 53.8 cm³/mol. The Morgan fingerprint density at radius 3 is 2.93 bits per heavy atom. The molecule has 0 saturated carbocycles. The normalized spacial score (nSPS) is 12.7. The molecular formula is C9H7BrO5. The number of halogens is 1. The van der Waals surface area contributed by atoms with Crippen molar-refractivity contribution in [3.63, 3.8) is 0 Å². The highest BCUT2D eigenvalue weighted by molar-refractivity contribution is 9.10. The van der Waals surface area contributed by atoms with Gasteiger partial charge in [0.15, 0.2) is 11.5 Å². The van der Waals surface area contributed by atoms with Crippen LogP contribution in [0.25, 0.3) is 0 Å². The van der Waals surface area contributed by atoms with Gasteiger partial charge in [0, 0.05) is 4.47 Å². The summed E-state index contributed by atoms with van der Waals surface area (Å²) >= 11 is 3.15. The van der Waals surface area contributed by atoms with E-state index in [1.165, 1.54) is 7.11 Å². The Kier molecular flexibility index (Phi) is 2.44. The van der Waals surface area contributed by atoms with Gasteiger partial charge in [0.05, 0.1) is 7.11 Å². The third-order valence-electron chi connectivity index (χ3n) is 1.99. The molecule has 6 heteroatoms. The summed E-state index contributed by atoms with van der Waals surface area (Å²) in [6, 6.07) is 1.55. The van der Waals surface area contributed by atoms with Crippen molar-refractivity contribution in [1.29, 1.82) is 0 Å². The van der Waals surface area contributed by atoms with Crippen LogP contribution >= 0.6 is 15.9 Å². The minimum Gasteiger partial charge on any atom is -0.492 e. The van der Waals surface area contributed by atoms with Crippen molar-refractivity contribution in [2.45, 2.75) is 0 Å². The molecule has 2 rings (SSSR count). The molecule has 0 bridgehead atoms. The Morgan fingerprint density at radius 2 is 2.33 bits per heavy atom. The van der Waals surface area contributed by atoms with E-state index in [1.54, 1.807) is 6.07 Å². The first-order valence-electron chi connectivity index (χ1n) is 4.04. The van der Waals surface area contributed by atoms with Crippen molar-refractivity contribution in [3.05, 3.63) is 16.1 Å². The molecule has 0 amide bonds. The number of aromatic carboxylic acids is 1. The first-order valence-corrected chi connectivity index (χ1v) is 4.84. The van der Waals surface area contributed by atoms with Crippen LogP contribution in [0.15, 0.2) is 10.5 Å². The molecule has 0 unspecified atom stereocenters. The lowest BCUT2D eigenvalue weighted by Gasteiger charge is -2.09. The highest BCUT2D eigenvalue weighted by Crippen LogP contribution is 2.46. The van der Waals surface area contributed by atoms with E-state index in [-0.39, 0.29) is 18.1 Å². The second kappa shape index (κ2) is 3.62. The van der Waals surface area contributed by atoms with Crippen LogP contribution in [-0.2, 0) is 0 Å². The number of carboxylic acids is 1. The number of benzene rings is 1. The van der Waals surface area contributed by atoms with Gasteiger partial charge in [-0.3, -0.25) is 0 Å². The fourth-order valence-corrected chi connectivity index (χ4v) is 1.93. The molecule has 0 aliphatic carbocycles. The van der Waals surface area contributed by atoms with E-state index in [9.17, 15) is 4.79 Å². The van der Waals surface area contributed by atoms with Crippen LogP contribution in [0.5, 0.6) is 17.2 Å². The highest BCUT2D eigenvalue weighted by Gasteiger charge is 2.27. The third kappa shape index (κ3) is 1.50. The van der Waals surface area contributed by atoms with Crippen LogP contribution < -0.4 is 14.2 Å². The zero-order valence-corrected chi connectivity index (χ0v) is 9.33. The summed E-state index contributed by atoms with van der Waals surface area (Å²) in [6.45, 7) is 0.0706. The topological polar surface area (TPSA) is 65.0 Å². The molecule has 1 heterocycles. The van der Waals surface area contributed by atoms with Crippen molar-refractivity contribution < 1.29 is 24.1 Å². The van der Waals surface area contributed by atoms with E-state index in [1.807, 2.05) is 0 Å². The number of carbonyl (C=O) groups is 1. The highest BCUT2D eigenvalue weighted by atomic mass is 79.9. The monoisotopic (exact) mass is 274 g/mol. The molecule has 1 aromatic carbocycles. The summed E-state index contributed by atoms with van der Waals surface area (Å²) in [6.07, 6.45) is 0. The van der Waals surface area contributed by atoms with Gasteiger partial charge < -0.3 is 19.3 Å². The molecular weight excluding hydrogens is 268 g/mol. The van der Waals surface area contributed by atoms with Gasteiger partial charge in [0.25, 0.3) is 0 Å². The van der Waals surface area contributed by atoms with Gasteiger partial charge in [-0.15, -0.1) is 0 Å². The lowest BCUT2D eigenvalue weighted by atomic mass is 10.1. The average molecular weight is 275 g/mol. The molecule has 1 aliphatic heterocycles. The van der Waals surface area contributed by atoms with Crippen molar-refractivity contribution in [2.24, 2.45) is 0 Å². The van der Waals surface area contributed by atoms with Crippen LogP contribution in [0.4, 0.5) is 0 Å². The molecule has 0 aromatic heterocycles. The van der Waals surface area contributed by atoms with E-state index in [0.29, 0.717) is 16.0 Å². The second-order valence-electron chi connectivity index (χ2n) is 2.81. The number of ether oxygens (including phenoxy) is 3. The fourth-order valence-electron chi connectivity index (χ4n) is 1.38. The molecule has 80 valence electrons. The lowest BCUT2D eigenvalue weighted by molar-refractivity contribution is 0.0691. The molecule has 0 radical (unpaired) electrons. The minimum absolute atomic E-state index is 0.0294. The van der Waals surface area contributed by atoms with E-state index in [4.69, 9.17) is 19.3 Å².